The molecular formula is C16H15N3O. The lowest BCUT2D eigenvalue weighted by Crippen LogP contribution is -2.15. The van der Waals surface area contributed by atoms with E-state index >= 15 is 0 Å². The first-order valence-electron chi connectivity index (χ1n) is 6.64. The lowest BCUT2D eigenvalue weighted by Gasteiger charge is -2.07. The molecule has 3 rings (SSSR count). The van der Waals surface area contributed by atoms with Crippen LogP contribution in [0.1, 0.15) is 18.3 Å². The normalized spacial score (nSPS) is 10.9. The van der Waals surface area contributed by atoms with Crippen molar-refractivity contribution in [2.45, 2.75) is 20.3 Å². The molecule has 0 unspecified atom stereocenters. The first kappa shape index (κ1) is 12.5. The smallest absolute Gasteiger partial charge is 0.254 e. The number of aromatic nitrogens is 3. The van der Waals surface area contributed by atoms with Crippen molar-refractivity contribution in [2.24, 2.45) is 0 Å². The Labute approximate surface area is 116 Å². The minimum atomic E-state index is -0.0712. The number of benzene rings is 1. The molecule has 20 heavy (non-hydrogen) atoms. The molecule has 1 aromatic carbocycles. The average molecular weight is 265 g/mol. The highest BCUT2D eigenvalue weighted by Gasteiger charge is 2.09. The van der Waals surface area contributed by atoms with E-state index in [0.717, 1.165) is 22.2 Å². The van der Waals surface area contributed by atoms with Crippen LogP contribution in [-0.4, -0.2) is 15.0 Å². The highest BCUT2D eigenvalue weighted by atomic mass is 16.1. The fourth-order valence-corrected chi connectivity index (χ4v) is 2.25. The van der Waals surface area contributed by atoms with E-state index < -0.39 is 0 Å². The van der Waals surface area contributed by atoms with Gasteiger partial charge in [-0.1, -0.05) is 19.1 Å². The van der Waals surface area contributed by atoms with Gasteiger partial charge in [0.15, 0.2) is 0 Å². The molecule has 0 aliphatic carbocycles. The molecule has 2 heterocycles. The molecule has 0 aliphatic rings. The van der Waals surface area contributed by atoms with E-state index in [9.17, 15) is 4.79 Å². The summed E-state index contributed by atoms with van der Waals surface area (Å²) in [5.41, 5.74) is 3.21. The van der Waals surface area contributed by atoms with E-state index in [1.807, 2.05) is 37.3 Å². The van der Waals surface area contributed by atoms with Crippen molar-refractivity contribution < 1.29 is 0 Å². The van der Waals surface area contributed by atoms with Crippen molar-refractivity contribution in [3.05, 3.63) is 58.3 Å². The first-order chi connectivity index (χ1) is 9.69. The van der Waals surface area contributed by atoms with Crippen LogP contribution in [0.3, 0.4) is 0 Å². The summed E-state index contributed by atoms with van der Waals surface area (Å²) >= 11 is 0. The van der Waals surface area contributed by atoms with Crippen molar-refractivity contribution in [2.75, 3.05) is 0 Å². The summed E-state index contributed by atoms with van der Waals surface area (Å²) in [6, 6.07) is 9.86. The Morgan fingerprint density at radius 3 is 2.90 bits per heavy atom. The Morgan fingerprint density at radius 2 is 2.10 bits per heavy atom. The minimum absolute atomic E-state index is 0.0712. The molecule has 1 N–H and O–H groups in total. The summed E-state index contributed by atoms with van der Waals surface area (Å²) in [7, 11) is 0. The third-order valence-corrected chi connectivity index (χ3v) is 3.41. The predicted octanol–water partition coefficient (Wildman–Crippen LogP) is 2.86. The number of nitrogens with one attached hydrogen (secondary N) is 1. The van der Waals surface area contributed by atoms with Gasteiger partial charge in [0, 0.05) is 29.1 Å². The molecule has 0 saturated carbocycles. The van der Waals surface area contributed by atoms with Gasteiger partial charge in [0.1, 0.15) is 5.82 Å². The molecule has 0 saturated heterocycles. The molecule has 100 valence electrons. The number of fused-ring (bicyclic) bond motifs is 1. The van der Waals surface area contributed by atoms with Gasteiger partial charge in [-0.05, 0) is 25.1 Å². The van der Waals surface area contributed by atoms with E-state index in [1.165, 1.54) is 0 Å². The van der Waals surface area contributed by atoms with Gasteiger partial charge < -0.3 is 4.98 Å². The molecule has 0 fully saturated rings. The maximum absolute atomic E-state index is 11.9. The summed E-state index contributed by atoms with van der Waals surface area (Å²) in [6.07, 6.45) is 2.48. The van der Waals surface area contributed by atoms with Crippen LogP contribution in [-0.2, 0) is 6.42 Å². The van der Waals surface area contributed by atoms with Gasteiger partial charge in [0.25, 0.3) is 5.56 Å². The van der Waals surface area contributed by atoms with Crippen LogP contribution in [0.15, 0.2) is 41.3 Å². The number of hydrogen-bond donors (Lipinski definition) is 1. The molecule has 4 heteroatoms. The van der Waals surface area contributed by atoms with Crippen molar-refractivity contribution >= 4 is 10.9 Å². The number of H-pyrrole nitrogens is 1. The Morgan fingerprint density at radius 1 is 1.25 bits per heavy atom. The Balaban J connectivity index is 2.24. The van der Waals surface area contributed by atoms with Gasteiger partial charge in [0.2, 0.25) is 0 Å². The summed E-state index contributed by atoms with van der Waals surface area (Å²) < 4.78 is 0. The second-order valence-corrected chi connectivity index (χ2v) is 4.75. The molecule has 4 nitrogen and oxygen atoms in total. The van der Waals surface area contributed by atoms with Gasteiger partial charge in [-0.15, -0.1) is 0 Å². The molecule has 3 aromatic rings. The van der Waals surface area contributed by atoms with E-state index in [4.69, 9.17) is 0 Å². The highest BCUT2D eigenvalue weighted by molar-refractivity contribution is 5.84. The molecular weight excluding hydrogens is 250 g/mol. The Kier molecular flexibility index (Phi) is 3.06. The number of aryl methyl sites for hydroxylation is 1. The minimum Gasteiger partial charge on any atom is -0.310 e. The van der Waals surface area contributed by atoms with E-state index in [0.29, 0.717) is 17.8 Å². The zero-order valence-corrected chi connectivity index (χ0v) is 11.5. The number of aromatic amines is 1. The second-order valence-electron chi connectivity index (χ2n) is 4.75. The predicted molar refractivity (Wildman–Crippen MR) is 79.7 cm³/mol. The van der Waals surface area contributed by atoms with Crippen LogP contribution in [0.5, 0.6) is 0 Å². The summed E-state index contributed by atoms with van der Waals surface area (Å²) in [6.45, 7) is 3.77. The Bertz CT molecular complexity index is 836. The van der Waals surface area contributed by atoms with Crippen LogP contribution in [0.4, 0.5) is 0 Å². The van der Waals surface area contributed by atoms with E-state index in [1.54, 1.807) is 13.1 Å². The SMILES string of the molecule is CCc1nc(-c2ccc3ncccc3c2)c(C)c(=O)[nH]1. The molecule has 0 amide bonds. The molecule has 0 radical (unpaired) electrons. The summed E-state index contributed by atoms with van der Waals surface area (Å²) in [5, 5.41) is 1.05. The van der Waals surface area contributed by atoms with Crippen molar-refractivity contribution in [3.8, 4) is 11.3 Å². The second kappa shape index (κ2) is 4.89. The van der Waals surface area contributed by atoms with Gasteiger partial charge >= 0.3 is 0 Å². The fraction of sp³-hybridized carbons (Fsp3) is 0.188. The maximum Gasteiger partial charge on any atom is 0.254 e. The molecule has 0 atom stereocenters. The number of nitrogens with zero attached hydrogens (tertiary/aromatic N) is 2. The van der Waals surface area contributed by atoms with Crippen molar-refractivity contribution in [3.63, 3.8) is 0 Å². The monoisotopic (exact) mass is 265 g/mol. The molecule has 0 aliphatic heterocycles. The van der Waals surface area contributed by atoms with E-state index in [-0.39, 0.29) is 5.56 Å². The third-order valence-electron chi connectivity index (χ3n) is 3.41. The fourth-order valence-electron chi connectivity index (χ4n) is 2.25. The van der Waals surface area contributed by atoms with Crippen LogP contribution >= 0.6 is 0 Å². The van der Waals surface area contributed by atoms with Crippen molar-refractivity contribution in [1.82, 2.24) is 15.0 Å². The molecule has 2 aromatic heterocycles. The van der Waals surface area contributed by atoms with Crippen molar-refractivity contribution in [1.29, 1.82) is 0 Å². The highest BCUT2D eigenvalue weighted by Crippen LogP contribution is 2.23. The number of rotatable bonds is 2. The van der Waals surface area contributed by atoms with Crippen LogP contribution in [0, 0.1) is 6.92 Å². The maximum atomic E-state index is 11.9. The van der Waals surface area contributed by atoms with Gasteiger partial charge in [-0.25, -0.2) is 4.98 Å². The molecule has 0 spiro atoms. The lowest BCUT2D eigenvalue weighted by molar-refractivity contribution is 0.912. The van der Waals surface area contributed by atoms with Gasteiger partial charge in [-0.2, -0.15) is 0 Å². The standard InChI is InChI=1S/C16H15N3O/c1-3-14-18-15(10(2)16(20)19-14)12-6-7-13-11(9-12)5-4-8-17-13/h4-9H,3H2,1-2H3,(H,18,19,20). The van der Waals surface area contributed by atoms with Gasteiger partial charge in [0.05, 0.1) is 11.2 Å². The summed E-state index contributed by atoms with van der Waals surface area (Å²) in [4.78, 5) is 23.6. The number of hydrogen-bond acceptors (Lipinski definition) is 3. The van der Waals surface area contributed by atoms with Crippen LogP contribution in [0.25, 0.3) is 22.2 Å². The van der Waals surface area contributed by atoms with Crippen LogP contribution < -0.4 is 5.56 Å². The zero-order valence-electron chi connectivity index (χ0n) is 11.5. The quantitative estimate of drug-likeness (QED) is 0.775. The average Bonchev–Trinajstić information content (AvgIpc) is 2.49. The lowest BCUT2D eigenvalue weighted by atomic mass is 10.0. The van der Waals surface area contributed by atoms with Gasteiger partial charge in [-0.3, -0.25) is 9.78 Å². The zero-order chi connectivity index (χ0) is 14.1. The van der Waals surface area contributed by atoms with Crippen LogP contribution in [0.2, 0.25) is 0 Å². The summed E-state index contributed by atoms with van der Waals surface area (Å²) in [5.74, 6) is 0.710. The number of pyridine rings is 1. The first-order valence-corrected chi connectivity index (χ1v) is 6.64. The topological polar surface area (TPSA) is 58.6 Å². The third kappa shape index (κ3) is 2.09. The van der Waals surface area contributed by atoms with E-state index in [2.05, 4.69) is 15.0 Å². The Hall–Kier alpha value is -2.49. The molecule has 0 bridgehead atoms. The largest absolute Gasteiger partial charge is 0.310 e.